The second-order valence-corrected chi connectivity index (χ2v) is 6.46. The third kappa shape index (κ3) is 4.73. The van der Waals surface area contributed by atoms with Crippen LogP contribution in [-0.4, -0.2) is 17.5 Å². The van der Waals surface area contributed by atoms with E-state index >= 15 is 0 Å². The largest absolute Gasteiger partial charge is 0.489 e. The van der Waals surface area contributed by atoms with Crippen molar-refractivity contribution in [2.24, 2.45) is 0 Å². The van der Waals surface area contributed by atoms with E-state index in [2.05, 4.69) is 6.92 Å². The second-order valence-electron chi connectivity index (χ2n) is 6.11. The maximum atomic E-state index is 13.5. The Bertz CT molecular complexity index is 827. The van der Waals surface area contributed by atoms with Gasteiger partial charge in [0.1, 0.15) is 12.4 Å². The zero-order valence-corrected chi connectivity index (χ0v) is 16.6. The van der Waals surface area contributed by atoms with Gasteiger partial charge in [0.2, 0.25) is 0 Å². The van der Waals surface area contributed by atoms with Crippen LogP contribution < -0.4 is 9.80 Å². The first-order valence-corrected chi connectivity index (χ1v) is 8.90. The number of anilines is 1. The van der Waals surface area contributed by atoms with Crippen molar-refractivity contribution in [2.75, 3.05) is 12.2 Å². The van der Waals surface area contributed by atoms with Gasteiger partial charge in [0.25, 0.3) is 11.6 Å². The molecule has 0 atom stereocenters. The minimum absolute atomic E-state index is 0.0965. The fraction of sp³-hybridized carbons (Fsp3) is 0.350. The van der Waals surface area contributed by atoms with Gasteiger partial charge in [0.15, 0.2) is 0 Å². The van der Waals surface area contributed by atoms with Crippen molar-refractivity contribution in [2.45, 2.75) is 40.2 Å². The molecule has 1 N–H and O–H groups in total. The lowest BCUT2D eigenvalue weighted by Gasteiger charge is -2.22. The van der Waals surface area contributed by atoms with Crippen LogP contribution in [-0.2, 0) is 17.8 Å². The molecule has 0 bridgehead atoms. The summed E-state index contributed by atoms with van der Waals surface area (Å²) in [4.78, 5) is 0. The van der Waals surface area contributed by atoms with Crippen LogP contribution in [0, 0.1) is 13.8 Å². The van der Waals surface area contributed by atoms with Crippen molar-refractivity contribution >= 4 is 23.1 Å². The zero-order chi connectivity index (χ0) is 20.1. The van der Waals surface area contributed by atoms with Crippen LogP contribution in [0.1, 0.15) is 41.2 Å². The maximum Gasteiger partial charge on any atom is 0.288 e. The number of halogens is 2. The van der Waals surface area contributed by atoms with E-state index < -0.39 is 6.43 Å². The summed E-state index contributed by atoms with van der Waals surface area (Å²) in [5.74, 6) is 0.610. The van der Waals surface area contributed by atoms with Gasteiger partial charge in [0, 0.05) is 11.1 Å². The molecule has 27 heavy (non-hydrogen) atoms. The molecule has 0 radical (unpaired) electrons. The molecule has 2 aromatic rings. The van der Waals surface area contributed by atoms with Crippen molar-refractivity contribution in [1.82, 2.24) is 0 Å². The molecule has 0 saturated heterocycles. The number of hydrogen-bond acceptors (Lipinski definition) is 4. The molecule has 0 aliphatic rings. The quantitative estimate of drug-likeness (QED) is 0.516. The molecule has 146 valence electrons. The smallest absolute Gasteiger partial charge is 0.288 e. The summed E-state index contributed by atoms with van der Waals surface area (Å²) in [5, 5.41) is 10.5. The summed E-state index contributed by atoms with van der Waals surface area (Å²) >= 11 is 4.90. The van der Waals surface area contributed by atoms with E-state index in [1.165, 1.54) is 30.9 Å². The highest BCUT2D eigenvalue weighted by Crippen LogP contribution is 2.32. The normalized spacial score (nSPS) is 10.8. The van der Waals surface area contributed by atoms with Crippen LogP contribution in [0.2, 0.25) is 0 Å². The van der Waals surface area contributed by atoms with Gasteiger partial charge in [-0.3, -0.25) is 5.21 Å². The monoisotopic (exact) mass is 395 g/mol. The summed E-state index contributed by atoms with van der Waals surface area (Å²) in [5.41, 5.74) is 3.21. The standard InChI is InChI=1S/C20H23F2NO3S/c1-5-14-9-13(3)18(10-12(14)2)26-11-16-15(19(21)22)7-6-8-17(16)23(24)20(27)25-4/h6-10,19,24H,5,11H2,1-4H3. The van der Waals surface area contributed by atoms with Gasteiger partial charge >= 0.3 is 0 Å². The van der Waals surface area contributed by atoms with E-state index in [1.807, 2.05) is 26.0 Å². The molecule has 0 spiro atoms. The number of benzene rings is 2. The first kappa shape index (κ1) is 21.1. The summed E-state index contributed by atoms with van der Waals surface area (Å²) in [6.45, 7) is 5.81. The minimum Gasteiger partial charge on any atom is -0.489 e. The van der Waals surface area contributed by atoms with E-state index in [1.54, 1.807) is 0 Å². The highest BCUT2D eigenvalue weighted by atomic mass is 32.1. The second kappa shape index (κ2) is 9.10. The molecule has 7 heteroatoms. The molecule has 0 unspecified atom stereocenters. The van der Waals surface area contributed by atoms with Gasteiger partial charge in [-0.15, -0.1) is 0 Å². The molecule has 0 amide bonds. The lowest BCUT2D eigenvalue weighted by molar-refractivity contribution is 0.147. The highest BCUT2D eigenvalue weighted by Gasteiger charge is 2.22. The molecule has 0 heterocycles. The molecular weight excluding hydrogens is 372 g/mol. The number of alkyl halides is 2. The van der Waals surface area contributed by atoms with Crippen molar-refractivity contribution in [3.05, 3.63) is 58.1 Å². The number of hydroxylamine groups is 1. The Morgan fingerprint density at radius 1 is 1.22 bits per heavy atom. The number of methoxy groups -OCH3 is 1. The number of aryl methyl sites for hydroxylation is 3. The molecule has 4 nitrogen and oxygen atoms in total. The number of thiocarbonyl (C=S) groups is 1. The summed E-state index contributed by atoms with van der Waals surface area (Å²) in [6.07, 6.45) is -1.82. The van der Waals surface area contributed by atoms with Gasteiger partial charge in [-0.1, -0.05) is 25.1 Å². The molecule has 0 aromatic heterocycles. The average Bonchev–Trinajstić information content (AvgIpc) is 2.66. The number of rotatable bonds is 6. The Labute approximate surface area is 163 Å². The van der Waals surface area contributed by atoms with E-state index in [0.717, 1.165) is 17.5 Å². The van der Waals surface area contributed by atoms with Gasteiger partial charge in [-0.2, -0.15) is 5.06 Å². The van der Waals surface area contributed by atoms with Crippen molar-refractivity contribution in [1.29, 1.82) is 0 Å². The van der Waals surface area contributed by atoms with Crippen LogP contribution in [0.4, 0.5) is 14.5 Å². The Hall–Kier alpha value is -2.25. The molecule has 2 rings (SSSR count). The molecule has 0 aliphatic carbocycles. The van der Waals surface area contributed by atoms with Crippen molar-refractivity contribution in [3.63, 3.8) is 0 Å². The predicted molar refractivity (Wildman–Crippen MR) is 105 cm³/mol. The summed E-state index contributed by atoms with van der Waals surface area (Å²) in [6, 6.07) is 8.13. The third-order valence-corrected chi connectivity index (χ3v) is 4.72. The predicted octanol–water partition coefficient (Wildman–Crippen LogP) is 5.51. The van der Waals surface area contributed by atoms with E-state index in [4.69, 9.17) is 21.7 Å². The van der Waals surface area contributed by atoms with Crippen LogP contribution in [0.15, 0.2) is 30.3 Å². The Morgan fingerprint density at radius 2 is 1.93 bits per heavy atom. The fourth-order valence-corrected chi connectivity index (χ4v) is 2.97. The number of hydrogen-bond donors (Lipinski definition) is 1. The van der Waals surface area contributed by atoms with Gasteiger partial charge in [-0.05, 0) is 61.3 Å². The van der Waals surface area contributed by atoms with E-state index in [0.29, 0.717) is 10.8 Å². The van der Waals surface area contributed by atoms with Gasteiger partial charge in [-0.25, -0.2) is 8.78 Å². The topological polar surface area (TPSA) is 41.9 Å². The maximum absolute atomic E-state index is 13.5. The lowest BCUT2D eigenvalue weighted by Crippen LogP contribution is -2.28. The van der Waals surface area contributed by atoms with E-state index in [9.17, 15) is 14.0 Å². The lowest BCUT2D eigenvalue weighted by atomic mass is 10.0. The Balaban J connectivity index is 2.40. The summed E-state index contributed by atoms with van der Waals surface area (Å²) < 4.78 is 37.7. The van der Waals surface area contributed by atoms with E-state index in [-0.39, 0.29) is 28.6 Å². The Morgan fingerprint density at radius 3 is 2.52 bits per heavy atom. The molecule has 0 aliphatic heterocycles. The first-order valence-electron chi connectivity index (χ1n) is 8.49. The highest BCUT2D eigenvalue weighted by molar-refractivity contribution is 7.80. The van der Waals surface area contributed by atoms with Gasteiger partial charge < -0.3 is 9.47 Å². The van der Waals surface area contributed by atoms with Crippen molar-refractivity contribution in [3.8, 4) is 5.75 Å². The number of nitrogens with zero attached hydrogens (tertiary/aromatic N) is 1. The number of ether oxygens (including phenoxy) is 2. The molecule has 0 saturated carbocycles. The summed E-state index contributed by atoms with van der Waals surface area (Å²) in [7, 11) is 1.29. The first-order chi connectivity index (χ1) is 12.8. The Kier molecular flexibility index (Phi) is 7.10. The van der Waals surface area contributed by atoms with Crippen LogP contribution in [0.25, 0.3) is 0 Å². The SMILES string of the molecule is CCc1cc(C)c(OCc2c(C(F)F)cccc2N(O)C(=S)OC)cc1C. The van der Waals surface area contributed by atoms with Crippen LogP contribution in [0.5, 0.6) is 5.75 Å². The zero-order valence-electron chi connectivity index (χ0n) is 15.8. The third-order valence-electron chi connectivity index (χ3n) is 4.38. The fourth-order valence-electron chi connectivity index (χ4n) is 2.87. The molecule has 2 aromatic carbocycles. The molecule has 0 fully saturated rings. The van der Waals surface area contributed by atoms with Gasteiger partial charge in [0.05, 0.1) is 12.8 Å². The average molecular weight is 395 g/mol. The van der Waals surface area contributed by atoms with Crippen LogP contribution >= 0.6 is 12.2 Å². The minimum atomic E-state index is -2.72. The molecular formula is C20H23F2NO3S. The van der Waals surface area contributed by atoms with Crippen LogP contribution in [0.3, 0.4) is 0 Å². The van der Waals surface area contributed by atoms with Crippen molar-refractivity contribution < 1.29 is 23.5 Å².